The van der Waals surface area contributed by atoms with Crippen molar-refractivity contribution in [2.45, 2.75) is 27.4 Å². The first-order valence-corrected chi connectivity index (χ1v) is 8.82. The van der Waals surface area contributed by atoms with Gasteiger partial charge in [-0.05, 0) is 50.6 Å². The second-order valence-corrected chi connectivity index (χ2v) is 6.69. The van der Waals surface area contributed by atoms with Crippen LogP contribution in [0.15, 0.2) is 47.4 Å². The molecule has 4 rings (SSSR count). The van der Waals surface area contributed by atoms with Crippen LogP contribution in [0.1, 0.15) is 33.0 Å². The number of hydrogen-bond acceptors (Lipinski definition) is 6. The van der Waals surface area contributed by atoms with Crippen molar-refractivity contribution in [2.24, 2.45) is 0 Å². The number of carbonyl (C=O) groups is 1. The number of aryl methyl sites for hydroxylation is 3. The summed E-state index contributed by atoms with van der Waals surface area (Å²) in [5, 5.41) is 0. The zero-order valence-corrected chi connectivity index (χ0v) is 15.8. The van der Waals surface area contributed by atoms with Crippen LogP contribution in [0.2, 0.25) is 0 Å². The van der Waals surface area contributed by atoms with Crippen molar-refractivity contribution in [2.75, 3.05) is 0 Å². The van der Waals surface area contributed by atoms with Gasteiger partial charge in [0, 0.05) is 12.3 Å². The van der Waals surface area contributed by atoms with Crippen molar-refractivity contribution in [3.05, 3.63) is 81.2 Å². The van der Waals surface area contributed by atoms with Crippen LogP contribution in [0.3, 0.4) is 0 Å². The lowest BCUT2D eigenvalue weighted by molar-refractivity contribution is 0.0468. The lowest BCUT2D eigenvalue weighted by Crippen LogP contribution is -2.17. The maximum absolute atomic E-state index is 12.4. The highest BCUT2D eigenvalue weighted by atomic mass is 16.5. The molecule has 0 unspecified atom stereocenters. The van der Waals surface area contributed by atoms with Gasteiger partial charge in [-0.3, -0.25) is 9.20 Å². The number of aromatic nitrogens is 4. The van der Waals surface area contributed by atoms with E-state index >= 15 is 0 Å². The average Bonchev–Trinajstić information content (AvgIpc) is 2.67. The molecule has 0 radical (unpaired) electrons. The number of carbonyl (C=O) groups excluding carboxylic acids is 1. The van der Waals surface area contributed by atoms with Crippen LogP contribution >= 0.6 is 0 Å². The molecule has 0 aliphatic carbocycles. The fourth-order valence-corrected chi connectivity index (χ4v) is 2.91. The third-order valence-electron chi connectivity index (χ3n) is 4.52. The standard InChI is InChI=1S/C21H18N4O3/c1-12-4-7-19-24-16(9-20(26)25(19)10-12)11-28-21(27)15-5-6-17-18(8-15)23-14(3)13(2)22-17/h4-10H,11H2,1-3H3. The van der Waals surface area contributed by atoms with Gasteiger partial charge in [-0.15, -0.1) is 0 Å². The Kier molecular flexibility index (Phi) is 4.35. The normalized spacial score (nSPS) is 11.1. The maximum Gasteiger partial charge on any atom is 0.338 e. The molecule has 0 aliphatic heterocycles. The molecule has 0 atom stereocenters. The zero-order chi connectivity index (χ0) is 19.8. The molecule has 140 valence electrons. The number of rotatable bonds is 3. The number of nitrogens with zero attached hydrogens (tertiary/aromatic N) is 4. The van der Waals surface area contributed by atoms with E-state index in [1.54, 1.807) is 30.5 Å². The Morgan fingerprint density at radius 1 is 0.964 bits per heavy atom. The highest BCUT2D eigenvalue weighted by Gasteiger charge is 2.12. The quantitative estimate of drug-likeness (QED) is 0.513. The summed E-state index contributed by atoms with van der Waals surface area (Å²) in [4.78, 5) is 38.0. The average molecular weight is 374 g/mol. The van der Waals surface area contributed by atoms with Crippen LogP contribution in [0, 0.1) is 20.8 Å². The summed E-state index contributed by atoms with van der Waals surface area (Å²) in [6, 6.07) is 10.1. The third kappa shape index (κ3) is 3.34. The second kappa shape index (κ2) is 6.84. The van der Waals surface area contributed by atoms with Crippen LogP contribution in [0.4, 0.5) is 0 Å². The van der Waals surface area contributed by atoms with E-state index in [9.17, 15) is 9.59 Å². The fraction of sp³-hybridized carbons (Fsp3) is 0.190. The van der Waals surface area contributed by atoms with Crippen LogP contribution < -0.4 is 5.56 Å². The van der Waals surface area contributed by atoms with Gasteiger partial charge in [0.25, 0.3) is 5.56 Å². The summed E-state index contributed by atoms with van der Waals surface area (Å²) < 4.78 is 6.81. The molecule has 0 saturated carbocycles. The minimum absolute atomic E-state index is 0.0882. The van der Waals surface area contributed by atoms with E-state index in [4.69, 9.17) is 4.74 Å². The highest BCUT2D eigenvalue weighted by Crippen LogP contribution is 2.15. The number of esters is 1. The first-order chi connectivity index (χ1) is 13.4. The van der Waals surface area contributed by atoms with Crippen molar-refractivity contribution in [1.82, 2.24) is 19.4 Å². The Morgan fingerprint density at radius 3 is 2.50 bits per heavy atom. The summed E-state index contributed by atoms with van der Waals surface area (Å²) in [5.41, 5.74) is 5.05. The third-order valence-corrected chi connectivity index (χ3v) is 4.52. The zero-order valence-electron chi connectivity index (χ0n) is 15.8. The largest absolute Gasteiger partial charge is 0.456 e. The van der Waals surface area contributed by atoms with Crippen molar-refractivity contribution in [3.8, 4) is 0 Å². The Hall–Kier alpha value is -3.61. The van der Waals surface area contributed by atoms with E-state index in [1.165, 1.54) is 10.5 Å². The van der Waals surface area contributed by atoms with Crippen molar-refractivity contribution >= 4 is 22.6 Å². The molecular formula is C21H18N4O3. The van der Waals surface area contributed by atoms with Crippen molar-refractivity contribution in [1.29, 1.82) is 0 Å². The SMILES string of the molecule is Cc1ccc2nc(COC(=O)c3ccc4nc(C)c(C)nc4c3)cc(=O)n2c1. The number of ether oxygens (including phenoxy) is 1. The second-order valence-electron chi connectivity index (χ2n) is 6.69. The van der Waals surface area contributed by atoms with Gasteiger partial charge in [0.1, 0.15) is 12.3 Å². The molecule has 3 heterocycles. The fourth-order valence-electron chi connectivity index (χ4n) is 2.91. The molecule has 0 amide bonds. The molecule has 0 spiro atoms. The molecule has 0 aliphatic rings. The molecule has 1 aromatic carbocycles. The van der Waals surface area contributed by atoms with Crippen molar-refractivity contribution in [3.63, 3.8) is 0 Å². The number of fused-ring (bicyclic) bond motifs is 2. The van der Waals surface area contributed by atoms with Crippen LogP contribution in [-0.4, -0.2) is 25.3 Å². The lowest BCUT2D eigenvalue weighted by Gasteiger charge is -2.08. The molecule has 0 bridgehead atoms. The molecular weight excluding hydrogens is 356 g/mol. The van der Waals surface area contributed by atoms with Crippen LogP contribution in [0.25, 0.3) is 16.7 Å². The van der Waals surface area contributed by atoms with Gasteiger partial charge in [0.15, 0.2) is 0 Å². The van der Waals surface area contributed by atoms with Gasteiger partial charge >= 0.3 is 5.97 Å². The predicted molar refractivity (Wildman–Crippen MR) is 104 cm³/mol. The summed E-state index contributed by atoms with van der Waals surface area (Å²) in [7, 11) is 0. The molecule has 3 aromatic heterocycles. The Bertz CT molecular complexity index is 1290. The smallest absolute Gasteiger partial charge is 0.338 e. The minimum Gasteiger partial charge on any atom is -0.456 e. The van der Waals surface area contributed by atoms with Crippen LogP contribution in [-0.2, 0) is 11.3 Å². The van der Waals surface area contributed by atoms with Gasteiger partial charge in [0.2, 0.25) is 0 Å². The number of hydrogen-bond donors (Lipinski definition) is 0. The molecule has 0 N–H and O–H groups in total. The van der Waals surface area contributed by atoms with Gasteiger partial charge in [0.05, 0.1) is 33.7 Å². The summed E-state index contributed by atoms with van der Waals surface area (Å²) in [6.45, 7) is 5.58. The molecule has 4 aromatic rings. The van der Waals surface area contributed by atoms with E-state index in [1.807, 2.05) is 26.8 Å². The monoisotopic (exact) mass is 374 g/mol. The molecule has 7 nitrogen and oxygen atoms in total. The summed E-state index contributed by atoms with van der Waals surface area (Å²) in [5.74, 6) is -0.507. The first kappa shape index (κ1) is 17.8. The number of benzene rings is 1. The summed E-state index contributed by atoms with van der Waals surface area (Å²) in [6.07, 6.45) is 1.72. The Labute approximate surface area is 160 Å². The predicted octanol–water partition coefficient (Wildman–Crippen LogP) is 2.92. The lowest BCUT2D eigenvalue weighted by atomic mass is 10.2. The molecule has 28 heavy (non-hydrogen) atoms. The topological polar surface area (TPSA) is 86.4 Å². The highest BCUT2D eigenvalue weighted by molar-refractivity contribution is 5.93. The van der Waals surface area contributed by atoms with E-state index < -0.39 is 5.97 Å². The molecule has 0 saturated heterocycles. The van der Waals surface area contributed by atoms with E-state index in [-0.39, 0.29) is 12.2 Å². The van der Waals surface area contributed by atoms with Gasteiger partial charge in [-0.2, -0.15) is 0 Å². The Morgan fingerprint density at radius 2 is 1.71 bits per heavy atom. The van der Waals surface area contributed by atoms with Crippen LogP contribution in [0.5, 0.6) is 0 Å². The van der Waals surface area contributed by atoms with E-state index in [0.717, 1.165) is 22.5 Å². The molecule has 7 heteroatoms. The minimum atomic E-state index is -0.507. The van der Waals surface area contributed by atoms with E-state index in [2.05, 4.69) is 15.0 Å². The first-order valence-electron chi connectivity index (χ1n) is 8.82. The van der Waals surface area contributed by atoms with Gasteiger partial charge < -0.3 is 4.74 Å². The summed E-state index contributed by atoms with van der Waals surface area (Å²) >= 11 is 0. The van der Waals surface area contributed by atoms with Gasteiger partial charge in [-0.25, -0.2) is 19.7 Å². The maximum atomic E-state index is 12.4. The van der Waals surface area contributed by atoms with Gasteiger partial charge in [-0.1, -0.05) is 6.07 Å². The van der Waals surface area contributed by atoms with E-state index in [0.29, 0.717) is 22.4 Å². The Balaban J connectivity index is 1.56. The van der Waals surface area contributed by atoms with Crippen molar-refractivity contribution < 1.29 is 9.53 Å². The molecule has 0 fully saturated rings. The number of pyridine rings is 1.